The average Bonchev–Trinajstić information content (AvgIpc) is 1.61. The molecule has 45 valence electrons. The number of rotatable bonds is 2. The highest BCUT2D eigenvalue weighted by molar-refractivity contribution is 5.68. The van der Waals surface area contributed by atoms with Gasteiger partial charge in [0.25, 0.3) is 0 Å². The van der Waals surface area contributed by atoms with Crippen molar-refractivity contribution in [2.75, 3.05) is 0 Å². The largest absolute Gasteiger partial charge is 0.359 e. The lowest BCUT2D eigenvalue weighted by atomic mass is 10.3. The van der Waals surface area contributed by atoms with Gasteiger partial charge in [0.2, 0.25) is 0 Å². The second-order valence-corrected chi connectivity index (χ2v) is 1.86. The Kier molecular flexibility index (Phi) is 2.92. The summed E-state index contributed by atoms with van der Waals surface area (Å²) in [5, 5.41) is 9.75. The summed E-state index contributed by atoms with van der Waals surface area (Å²) in [5.74, 6) is -1.02. The molecule has 0 aliphatic carbocycles. The van der Waals surface area contributed by atoms with Crippen LogP contribution in [-0.4, -0.2) is 5.97 Å². The van der Waals surface area contributed by atoms with Crippen molar-refractivity contribution in [1.29, 1.82) is 0 Å². The summed E-state index contributed by atoms with van der Waals surface area (Å²) in [7, 11) is 0. The van der Waals surface area contributed by atoms with Crippen LogP contribution in [0.5, 0.6) is 0 Å². The summed E-state index contributed by atoms with van der Waals surface area (Å²) < 4.78 is 0. The molecular weight excluding hydrogens is 104 g/mol. The van der Waals surface area contributed by atoms with Crippen LogP contribution in [0.25, 0.3) is 0 Å². The Balaban J connectivity index is 3.45. The second kappa shape index (κ2) is 3.24. The number of carbonyl (C=O) groups excluding carboxylic acids is 1. The molecule has 0 aromatic heterocycles. The van der Waals surface area contributed by atoms with E-state index in [0.717, 1.165) is 5.57 Å². The zero-order valence-corrected chi connectivity index (χ0v) is 5.10. The molecule has 0 spiro atoms. The first-order valence-electron chi connectivity index (χ1n) is 2.46. The van der Waals surface area contributed by atoms with Crippen molar-refractivity contribution in [3.63, 3.8) is 0 Å². The molecule has 8 heavy (non-hydrogen) atoms. The highest BCUT2D eigenvalue weighted by Crippen LogP contribution is 1.91. The summed E-state index contributed by atoms with van der Waals surface area (Å²) in [6, 6.07) is 0. The summed E-state index contributed by atoms with van der Waals surface area (Å²) in [4.78, 5) is 9.75. The van der Waals surface area contributed by atoms with Crippen molar-refractivity contribution in [2.24, 2.45) is 0 Å². The Labute approximate surface area is 48.8 Å². The maximum absolute atomic E-state index is 9.75. The first-order chi connectivity index (χ1) is 3.63. The first-order valence-corrected chi connectivity index (χ1v) is 2.46. The second-order valence-electron chi connectivity index (χ2n) is 1.86. The fourth-order valence-electron chi connectivity index (χ4n) is 0.287. The Morgan fingerprint density at radius 1 is 1.50 bits per heavy atom. The van der Waals surface area contributed by atoms with Gasteiger partial charge in [0, 0.05) is 0 Å². The van der Waals surface area contributed by atoms with Gasteiger partial charge in [-0.25, -0.2) is 9.90 Å². The van der Waals surface area contributed by atoms with Crippen LogP contribution >= 0.6 is 0 Å². The van der Waals surface area contributed by atoms with Gasteiger partial charge in [-0.1, -0.05) is 11.6 Å². The van der Waals surface area contributed by atoms with Gasteiger partial charge in [0.15, 0.2) is 0 Å². The third-order valence-corrected chi connectivity index (χ3v) is 0.677. The average molecular weight is 113 g/mol. The predicted molar refractivity (Wildman–Crippen MR) is 29.7 cm³/mol. The standard InChI is InChI=1S/C6H9O2/c1-5(2)3-4-6(7)8/h3H,4H2,1-2H3. The summed E-state index contributed by atoms with van der Waals surface area (Å²) >= 11 is 0. The van der Waals surface area contributed by atoms with Crippen LogP contribution in [0, 0.1) is 0 Å². The van der Waals surface area contributed by atoms with Crippen molar-refractivity contribution in [3.8, 4) is 0 Å². The van der Waals surface area contributed by atoms with Crippen LogP contribution in [0.2, 0.25) is 0 Å². The van der Waals surface area contributed by atoms with E-state index >= 15 is 0 Å². The Bertz CT molecular complexity index is 110. The Morgan fingerprint density at radius 2 is 2.00 bits per heavy atom. The maximum atomic E-state index is 9.75. The number of allylic oxidation sites excluding steroid dienone is 1. The molecule has 0 heterocycles. The molecule has 0 amide bonds. The van der Waals surface area contributed by atoms with Gasteiger partial charge in [-0.2, -0.15) is 0 Å². The smallest absolute Gasteiger partial charge is 0.247 e. The molecule has 0 saturated heterocycles. The van der Waals surface area contributed by atoms with Crippen LogP contribution in [0.3, 0.4) is 0 Å². The van der Waals surface area contributed by atoms with Crippen LogP contribution in [0.1, 0.15) is 20.3 Å². The zero-order chi connectivity index (χ0) is 6.57. The quantitative estimate of drug-likeness (QED) is 0.497. The minimum atomic E-state index is -1.02. The predicted octanol–water partition coefficient (Wildman–Crippen LogP) is 1.30. The summed E-state index contributed by atoms with van der Waals surface area (Å²) in [5.41, 5.74) is 1.01. The minimum absolute atomic E-state index is 0.0301. The SMILES string of the molecule is CC(C)=CCC([O])=O. The van der Waals surface area contributed by atoms with Crippen LogP contribution in [-0.2, 0) is 9.90 Å². The molecule has 0 rings (SSSR count). The van der Waals surface area contributed by atoms with Crippen LogP contribution in [0.4, 0.5) is 0 Å². The van der Waals surface area contributed by atoms with Crippen molar-refractivity contribution in [1.82, 2.24) is 0 Å². The molecule has 0 atom stereocenters. The van der Waals surface area contributed by atoms with Gasteiger partial charge < -0.3 is 0 Å². The lowest BCUT2D eigenvalue weighted by Gasteiger charge is -1.82. The normalized spacial score (nSPS) is 8.25. The molecule has 0 fully saturated rings. The van der Waals surface area contributed by atoms with E-state index in [9.17, 15) is 9.90 Å². The molecule has 0 unspecified atom stereocenters. The van der Waals surface area contributed by atoms with E-state index in [0.29, 0.717) is 0 Å². The molecule has 0 aliphatic rings. The molecule has 2 nitrogen and oxygen atoms in total. The third-order valence-electron chi connectivity index (χ3n) is 0.677. The molecule has 0 aromatic rings. The number of carbonyl (C=O) groups is 1. The van der Waals surface area contributed by atoms with E-state index in [-0.39, 0.29) is 6.42 Å². The summed E-state index contributed by atoms with van der Waals surface area (Å²) in [6.45, 7) is 3.70. The maximum Gasteiger partial charge on any atom is 0.359 e. The van der Waals surface area contributed by atoms with Gasteiger partial charge in [0.05, 0.1) is 6.42 Å². The fourth-order valence-corrected chi connectivity index (χ4v) is 0.287. The molecule has 1 radical (unpaired) electrons. The highest BCUT2D eigenvalue weighted by Gasteiger charge is 1.92. The van der Waals surface area contributed by atoms with Crippen molar-refractivity contribution in [3.05, 3.63) is 11.6 Å². The molecule has 0 saturated carbocycles. The Morgan fingerprint density at radius 3 is 2.12 bits per heavy atom. The minimum Gasteiger partial charge on any atom is -0.247 e. The summed E-state index contributed by atoms with van der Waals surface area (Å²) in [6.07, 6.45) is 1.65. The molecule has 0 aliphatic heterocycles. The van der Waals surface area contributed by atoms with E-state index in [1.807, 2.05) is 13.8 Å². The van der Waals surface area contributed by atoms with E-state index in [4.69, 9.17) is 0 Å². The van der Waals surface area contributed by atoms with Crippen LogP contribution < -0.4 is 0 Å². The lowest BCUT2D eigenvalue weighted by Crippen LogP contribution is -1.87. The van der Waals surface area contributed by atoms with Crippen molar-refractivity contribution in [2.45, 2.75) is 20.3 Å². The number of hydrogen-bond donors (Lipinski definition) is 0. The monoisotopic (exact) mass is 113 g/mol. The van der Waals surface area contributed by atoms with Gasteiger partial charge in [0.1, 0.15) is 0 Å². The van der Waals surface area contributed by atoms with E-state index in [2.05, 4.69) is 0 Å². The van der Waals surface area contributed by atoms with E-state index in [1.54, 1.807) is 6.08 Å². The highest BCUT2D eigenvalue weighted by atomic mass is 16.4. The first kappa shape index (κ1) is 7.21. The number of hydrogen-bond acceptors (Lipinski definition) is 1. The van der Waals surface area contributed by atoms with E-state index in [1.165, 1.54) is 0 Å². The van der Waals surface area contributed by atoms with Gasteiger partial charge in [-0.3, -0.25) is 0 Å². The molecular formula is C6H9O2. The van der Waals surface area contributed by atoms with Crippen LogP contribution in [0.15, 0.2) is 11.6 Å². The lowest BCUT2D eigenvalue weighted by molar-refractivity contribution is -0.142. The Hall–Kier alpha value is -0.790. The van der Waals surface area contributed by atoms with Crippen molar-refractivity contribution < 1.29 is 9.90 Å². The van der Waals surface area contributed by atoms with Gasteiger partial charge in [-0.05, 0) is 13.8 Å². The molecule has 0 N–H and O–H groups in total. The zero-order valence-electron chi connectivity index (χ0n) is 5.10. The van der Waals surface area contributed by atoms with E-state index < -0.39 is 5.97 Å². The third kappa shape index (κ3) is 5.21. The molecule has 2 heteroatoms. The molecule has 0 bridgehead atoms. The topological polar surface area (TPSA) is 37.0 Å². The van der Waals surface area contributed by atoms with Gasteiger partial charge >= 0.3 is 5.97 Å². The fraction of sp³-hybridized carbons (Fsp3) is 0.500. The van der Waals surface area contributed by atoms with Crippen molar-refractivity contribution >= 4 is 5.97 Å². The van der Waals surface area contributed by atoms with Gasteiger partial charge in [-0.15, -0.1) is 0 Å². The molecule has 0 aromatic carbocycles.